The summed E-state index contributed by atoms with van der Waals surface area (Å²) in [5.74, 6) is 0.845. The molecule has 1 saturated heterocycles. The molecule has 2 heterocycles. The SMILES string of the molecule is C[C@@H]1C[N+](=c2cc(-c3ccc(Cl)cc3)oc3ccccc23)C[C@H](C)O1. The van der Waals surface area contributed by atoms with Gasteiger partial charge in [0.1, 0.15) is 23.6 Å². The maximum Gasteiger partial charge on any atom is 0.214 e. The lowest BCUT2D eigenvalue weighted by Crippen LogP contribution is -2.47. The van der Waals surface area contributed by atoms with Crippen molar-refractivity contribution in [2.45, 2.75) is 26.1 Å². The second kappa shape index (κ2) is 6.66. The fraction of sp³-hybridized carbons (Fsp3) is 0.286. The molecule has 128 valence electrons. The third kappa shape index (κ3) is 3.35. The highest BCUT2D eigenvalue weighted by Gasteiger charge is 2.26. The van der Waals surface area contributed by atoms with Crippen LogP contribution in [-0.4, -0.2) is 25.3 Å². The van der Waals surface area contributed by atoms with Gasteiger partial charge in [0, 0.05) is 10.6 Å². The largest absolute Gasteiger partial charge is 0.456 e. The van der Waals surface area contributed by atoms with Crippen molar-refractivity contribution in [2.24, 2.45) is 0 Å². The Balaban J connectivity index is 1.98. The van der Waals surface area contributed by atoms with Crippen LogP contribution in [0.2, 0.25) is 5.02 Å². The van der Waals surface area contributed by atoms with Crippen LogP contribution >= 0.6 is 11.6 Å². The Kier molecular flexibility index (Phi) is 4.36. The molecule has 1 fully saturated rings. The molecular formula is C21H21ClNO2+. The van der Waals surface area contributed by atoms with E-state index in [4.69, 9.17) is 20.8 Å². The number of halogens is 1. The summed E-state index contributed by atoms with van der Waals surface area (Å²) < 4.78 is 14.5. The van der Waals surface area contributed by atoms with Crippen LogP contribution in [0.4, 0.5) is 0 Å². The number of para-hydroxylation sites is 1. The first kappa shape index (κ1) is 16.4. The fourth-order valence-electron chi connectivity index (χ4n) is 3.51. The first-order valence-corrected chi connectivity index (χ1v) is 9.00. The number of hydrogen-bond donors (Lipinski definition) is 0. The number of hydrogen-bond acceptors (Lipinski definition) is 2. The molecule has 3 nitrogen and oxygen atoms in total. The maximum absolute atomic E-state index is 6.17. The van der Waals surface area contributed by atoms with Crippen LogP contribution in [0.3, 0.4) is 0 Å². The molecular weight excluding hydrogens is 334 g/mol. The van der Waals surface area contributed by atoms with Crippen molar-refractivity contribution in [3.8, 4) is 11.3 Å². The molecule has 0 N–H and O–H groups in total. The zero-order valence-corrected chi connectivity index (χ0v) is 15.2. The van der Waals surface area contributed by atoms with Crippen molar-refractivity contribution < 1.29 is 9.15 Å². The Labute approximate surface area is 152 Å². The van der Waals surface area contributed by atoms with Gasteiger partial charge in [-0.1, -0.05) is 23.7 Å². The second-order valence-corrected chi connectivity index (χ2v) is 7.10. The van der Waals surface area contributed by atoms with Gasteiger partial charge in [-0.15, -0.1) is 0 Å². The molecule has 1 aliphatic heterocycles. The summed E-state index contributed by atoms with van der Waals surface area (Å²) in [5, 5.41) is 3.04. The molecule has 2 atom stereocenters. The van der Waals surface area contributed by atoms with Gasteiger partial charge < -0.3 is 9.15 Å². The molecule has 3 aromatic rings. The first-order chi connectivity index (χ1) is 12.1. The van der Waals surface area contributed by atoms with Gasteiger partial charge in [-0.05, 0) is 50.2 Å². The molecule has 0 amide bonds. The number of benzene rings is 2. The second-order valence-electron chi connectivity index (χ2n) is 6.66. The quantitative estimate of drug-likeness (QED) is 0.608. The maximum atomic E-state index is 6.17. The smallest absolute Gasteiger partial charge is 0.214 e. The van der Waals surface area contributed by atoms with Crippen LogP contribution < -0.4 is 9.93 Å². The molecule has 1 aliphatic rings. The van der Waals surface area contributed by atoms with Crippen LogP contribution in [0.25, 0.3) is 22.3 Å². The van der Waals surface area contributed by atoms with E-state index in [9.17, 15) is 0 Å². The van der Waals surface area contributed by atoms with E-state index in [1.807, 2.05) is 36.4 Å². The highest BCUT2D eigenvalue weighted by Crippen LogP contribution is 2.23. The lowest BCUT2D eigenvalue weighted by molar-refractivity contribution is -0.0261. The Morgan fingerprint density at radius 2 is 1.64 bits per heavy atom. The summed E-state index contributed by atoms with van der Waals surface area (Å²) in [6.45, 7) is 5.99. The topological polar surface area (TPSA) is 25.4 Å². The van der Waals surface area contributed by atoms with E-state index < -0.39 is 0 Å². The van der Waals surface area contributed by atoms with E-state index in [0.717, 1.165) is 40.4 Å². The van der Waals surface area contributed by atoms with Crippen LogP contribution in [0.5, 0.6) is 0 Å². The Bertz CT molecular complexity index is 963. The van der Waals surface area contributed by atoms with E-state index in [0.29, 0.717) is 0 Å². The minimum absolute atomic E-state index is 0.207. The normalized spacial score (nSPS) is 23.0. The van der Waals surface area contributed by atoms with Gasteiger partial charge in [-0.2, -0.15) is 0 Å². The molecule has 0 aliphatic carbocycles. The summed E-state index contributed by atoms with van der Waals surface area (Å²) in [6.07, 6.45) is 0.414. The number of rotatable bonds is 1. The van der Waals surface area contributed by atoms with Crippen LogP contribution in [0.1, 0.15) is 13.8 Å². The van der Waals surface area contributed by atoms with Gasteiger partial charge in [0.05, 0.1) is 11.5 Å². The Morgan fingerprint density at radius 1 is 0.960 bits per heavy atom. The van der Waals surface area contributed by atoms with Gasteiger partial charge in [0.25, 0.3) is 0 Å². The summed E-state index contributed by atoms with van der Waals surface area (Å²) in [5.41, 5.74) is 1.91. The molecule has 1 aromatic heterocycles. The number of fused-ring (bicyclic) bond motifs is 1. The van der Waals surface area contributed by atoms with Crippen molar-refractivity contribution in [2.75, 3.05) is 13.1 Å². The highest BCUT2D eigenvalue weighted by atomic mass is 35.5. The monoisotopic (exact) mass is 354 g/mol. The summed E-state index contributed by atoms with van der Waals surface area (Å²) >= 11 is 6.03. The van der Waals surface area contributed by atoms with Crippen molar-refractivity contribution in [1.82, 2.24) is 4.58 Å². The molecule has 4 rings (SSSR count). The predicted molar refractivity (Wildman–Crippen MR) is 102 cm³/mol. The Hall–Kier alpha value is -2.10. The lowest BCUT2D eigenvalue weighted by Gasteiger charge is -2.23. The zero-order chi connectivity index (χ0) is 17.4. The average Bonchev–Trinajstić information content (AvgIpc) is 2.60. The van der Waals surface area contributed by atoms with E-state index >= 15 is 0 Å². The lowest BCUT2D eigenvalue weighted by atomic mass is 10.1. The van der Waals surface area contributed by atoms with Crippen molar-refractivity contribution in [3.63, 3.8) is 0 Å². The summed E-state index contributed by atoms with van der Waals surface area (Å²) in [6, 6.07) is 18.1. The van der Waals surface area contributed by atoms with E-state index in [2.05, 4.69) is 36.6 Å². The predicted octanol–water partition coefficient (Wildman–Crippen LogP) is 4.33. The molecule has 0 unspecified atom stereocenters. The molecule has 2 aromatic carbocycles. The van der Waals surface area contributed by atoms with E-state index in [-0.39, 0.29) is 12.2 Å². The van der Waals surface area contributed by atoms with Gasteiger partial charge >= 0.3 is 0 Å². The minimum atomic E-state index is 0.207. The number of morpholine rings is 1. The van der Waals surface area contributed by atoms with Gasteiger partial charge in [0.15, 0.2) is 13.1 Å². The van der Waals surface area contributed by atoms with Gasteiger partial charge in [-0.25, -0.2) is 4.58 Å². The molecule has 4 heteroatoms. The van der Waals surface area contributed by atoms with Crippen LogP contribution in [-0.2, 0) is 4.74 Å². The van der Waals surface area contributed by atoms with Gasteiger partial charge in [0.2, 0.25) is 5.36 Å². The molecule has 0 saturated carbocycles. The van der Waals surface area contributed by atoms with E-state index in [1.165, 1.54) is 5.36 Å². The van der Waals surface area contributed by atoms with Gasteiger partial charge in [-0.3, -0.25) is 0 Å². The minimum Gasteiger partial charge on any atom is -0.456 e. The number of nitrogens with zero attached hydrogens (tertiary/aromatic N) is 1. The highest BCUT2D eigenvalue weighted by molar-refractivity contribution is 6.30. The van der Waals surface area contributed by atoms with E-state index in [1.54, 1.807) is 0 Å². The molecule has 0 spiro atoms. The summed E-state index contributed by atoms with van der Waals surface area (Å²) in [4.78, 5) is 0. The molecule has 0 radical (unpaired) electrons. The standard InChI is InChI=1S/C21H21ClNO2/c1-14-12-23(13-15(2)24-14)19-11-21(16-7-9-17(22)10-8-16)25-20-6-4-3-5-18(19)20/h3-11,14-15H,12-13H2,1-2H3/q+1/t14-,15+. The summed E-state index contributed by atoms with van der Waals surface area (Å²) in [7, 11) is 0. The van der Waals surface area contributed by atoms with Crippen LogP contribution in [0.15, 0.2) is 59.0 Å². The van der Waals surface area contributed by atoms with Crippen molar-refractivity contribution >= 4 is 22.6 Å². The molecule has 0 bridgehead atoms. The fourth-order valence-corrected chi connectivity index (χ4v) is 3.64. The third-order valence-electron chi connectivity index (χ3n) is 4.54. The first-order valence-electron chi connectivity index (χ1n) is 8.62. The van der Waals surface area contributed by atoms with Crippen molar-refractivity contribution in [3.05, 3.63) is 65.0 Å². The number of ether oxygens (including phenoxy) is 1. The molecule has 25 heavy (non-hydrogen) atoms. The van der Waals surface area contributed by atoms with Crippen molar-refractivity contribution in [1.29, 1.82) is 0 Å². The average molecular weight is 355 g/mol. The van der Waals surface area contributed by atoms with Crippen LogP contribution in [0, 0.1) is 0 Å². The third-order valence-corrected chi connectivity index (χ3v) is 4.79. The Morgan fingerprint density at radius 3 is 2.36 bits per heavy atom. The zero-order valence-electron chi connectivity index (χ0n) is 14.4.